The lowest BCUT2D eigenvalue weighted by molar-refractivity contribution is -0.275. The third-order valence-corrected chi connectivity index (χ3v) is 3.12. The van der Waals surface area contributed by atoms with Crippen LogP contribution in [0.4, 0.5) is 13.2 Å². The molecule has 0 unspecified atom stereocenters. The van der Waals surface area contributed by atoms with Gasteiger partial charge in [0, 0.05) is 0 Å². The summed E-state index contributed by atoms with van der Waals surface area (Å²) in [5.41, 5.74) is 0. The Kier molecular flexibility index (Phi) is 3.62. The molecule has 2 nitrogen and oxygen atoms in total. The van der Waals surface area contributed by atoms with E-state index in [1.807, 2.05) is 6.55 Å². The van der Waals surface area contributed by atoms with Gasteiger partial charge >= 0.3 is 6.36 Å². The van der Waals surface area contributed by atoms with Gasteiger partial charge in [0.2, 0.25) is 0 Å². The van der Waals surface area contributed by atoms with Gasteiger partial charge in [-0.25, -0.2) is 0 Å². The summed E-state index contributed by atoms with van der Waals surface area (Å²) in [6.45, 7) is 1.99. The summed E-state index contributed by atoms with van der Waals surface area (Å²) >= 11 is 0. The summed E-state index contributed by atoms with van der Waals surface area (Å²) in [5, 5.41) is 0.898. The van der Waals surface area contributed by atoms with Gasteiger partial charge in [0.1, 0.15) is 0 Å². The molecule has 0 saturated carbocycles. The molecule has 0 radical (unpaired) electrons. The number of benzene rings is 1. The standard InChI is InChI=1S/C9H11F3O2Si/c1-13-7-4-3-6(15-2)5-8(7)14-9(10,11)12/h3-5H,15H2,1-2H3. The highest BCUT2D eigenvalue weighted by molar-refractivity contribution is 6.52. The first-order valence-electron chi connectivity index (χ1n) is 4.39. The van der Waals surface area contributed by atoms with E-state index >= 15 is 0 Å². The van der Waals surface area contributed by atoms with Crippen LogP contribution in [0, 0.1) is 0 Å². The van der Waals surface area contributed by atoms with Crippen LogP contribution in [0.1, 0.15) is 0 Å². The fraction of sp³-hybridized carbons (Fsp3) is 0.333. The summed E-state index contributed by atoms with van der Waals surface area (Å²) in [7, 11) is 0.797. The van der Waals surface area contributed by atoms with Gasteiger partial charge in [-0.05, 0) is 12.1 Å². The second-order valence-corrected chi connectivity index (χ2v) is 4.41. The lowest BCUT2D eigenvalue weighted by atomic mass is 10.3. The third kappa shape index (κ3) is 3.47. The van der Waals surface area contributed by atoms with Gasteiger partial charge < -0.3 is 9.47 Å². The minimum atomic E-state index is -4.68. The molecule has 15 heavy (non-hydrogen) atoms. The van der Waals surface area contributed by atoms with E-state index in [1.165, 1.54) is 19.2 Å². The van der Waals surface area contributed by atoms with Crippen molar-refractivity contribution in [1.29, 1.82) is 0 Å². The summed E-state index contributed by atoms with van der Waals surface area (Å²) in [4.78, 5) is 0. The Morgan fingerprint density at radius 3 is 2.33 bits per heavy atom. The first-order valence-corrected chi connectivity index (χ1v) is 6.51. The molecule has 0 aliphatic carbocycles. The number of ether oxygens (including phenoxy) is 2. The Balaban J connectivity index is 3.01. The van der Waals surface area contributed by atoms with E-state index in [4.69, 9.17) is 4.74 Å². The molecule has 0 N–H and O–H groups in total. The van der Waals surface area contributed by atoms with Crippen LogP contribution in [0.2, 0.25) is 6.55 Å². The lowest BCUT2D eigenvalue weighted by Crippen LogP contribution is -2.19. The van der Waals surface area contributed by atoms with Crippen LogP contribution >= 0.6 is 0 Å². The zero-order valence-corrected chi connectivity index (χ0v) is 9.80. The quantitative estimate of drug-likeness (QED) is 0.739. The van der Waals surface area contributed by atoms with Crippen LogP contribution in [-0.2, 0) is 0 Å². The molecule has 0 heterocycles. The van der Waals surface area contributed by atoms with Crippen molar-refractivity contribution in [1.82, 2.24) is 0 Å². The summed E-state index contributed by atoms with van der Waals surface area (Å²) in [6.07, 6.45) is -4.68. The number of alkyl halides is 3. The first kappa shape index (κ1) is 11.9. The molecule has 0 aliphatic rings. The zero-order chi connectivity index (χ0) is 11.5. The molecule has 0 saturated heterocycles. The smallest absolute Gasteiger partial charge is 0.493 e. The molecule has 0 aromatic heterocycles. The van der Waals surface area contributed by atoms with Crippen molar-refractivity contribution in [2.75, 3.05) is 7.11 Å². The minimum absolute atomic E-state index is 0.0959. The number of rotatable bonds is 3. The van der Waals surface area contributed by atoms with E-state index in [-0.39, 0.29) is 11.5 Å². The molecule has 0 spiro atoms. The van der Waals surface area contributed by atoms with Crippen molar-refractivity contribution in [2.24, 2.45) is 0 Å². The van der Waals surface area contributed by atoms with Crippen LogP contribution in [-0.4, -0.2) is 23.0 Å². The van der Waals surface area contributed by atoms with Crippen LogP contribution < -0.4 is 14.7 Å². The third-order valence-electron chi connectivity index (χ3n) is 1.86. The van der Waals surface area contributed by atoms with Gasteiger partial charge in [-0.15, -0.1) is 13.2 Å². The van der Waals surface area contributed by atoms with E-state index < -0.39 is 15.9 Å². The maximum absolute atomic E-state index is 12.0. The Bertz CT molecular complexity index is 339. The molecular weight excluding hydrogens is 225 g/mol. The van der Waals surface area contributed by atoms with E-state index in [1.54, 1.807) is 6.07 Å². The fourth-order valence-electron chi connectivity index (χ4n) is 1.15. The molecule has 0 aliphatic heterocycles. The molecular formula is C9H11F3O2Si. The van der Waals surface area contributed by atoms with Crippen molar-refractivity contribution in [3.05, 3.63) is 18.2 Å². The highest BCUT2D eigenvalue weighted by Crippen LogP contribution is 2.30. The molecule has 84 valence electrons. The monoisotopic (exact) mass is 236 g/mol. The Morgan fingerprint density at radius 2 is 1.87 bits per heavy atom. The van der Waals surface area contributed by atoms with E-state index in [9.17, 15) is 13.2 Å². The summed E-state index contributed by atoms with van der Waals surface area (Å²) < 4.78 is 44.7. The predicted octanol–water partition coefficient (Wildman–Crippen LogP) is 1.44. The van der Waals surface area contributed by atoms with E-state index in [0.717, 1.165) is 5.19 Å². The first-order chi connectivity index (χ1) is 6.96. The maximum atomic E-state index is 12.0. The normalized spacial score (nSPS) is 12.1. The second-order valence-electron chi connectivity index (χ2n) is 2.89. The number of methoxy groups -OCH3 is 1. The van der Waals surface area contributed by atoms with Crippen molar-refractivity contribution < 1.29 is 22.6 Å². The Morgan fingerprint density at radius 1 is 1.20 bits per heavy atom. The fourth-order valence-corrected chi connectivity index (χ4v) is 1.89. The summed E-state index contributed by atoms with van der Waals surface area (Å²) in [5.74, 6) is -0.171. The van der Waals surface area contributed by atoms with Crippen LogP contribution in [0.15, 0.2) is 18.2 Å². The van der Waals surface area contributed by atoms with Gasteiger partial charge in [0.15, 0.2) is 11.5 Å². The molecule has 0 atom stereocenters. The minimum Gasteiger partial charge on any atom is -0.493 e. The van der Waals surface area contributed by atoms with Crippen molar-refractivity contribution in [2.45, 2.75) is 12.9 Å². The van der Waals surface area contributed by atoms with Gasteiger partial charge in [0.25, 0.3) is 0 Å². The predicted molar refractivity (Wildman–Crippen MR) is 53.7 cm³/mol. The van der Waals surface area contributed by atoms with Gasteiger partial charge in [-0.2, -0.15) is 0 Å². The maximum Gasteiger partial charge on any atom is 0.573 e. The molecule has 0 amide bonds. The second kappa shape index (κ2) is 4.56. The highest BCUT2D eigenvalue weighted by atomic mass is 28.2. The topological polar surface area (TPSA) is 18.5 Å². The number of hydrogen-bond acceptors (Lipinski definition) is 2. The largest absolute Gasteiger partial charge is 0.573 e. The van der Waals surface area contributed by atoms with Crippen LogP contribution in [0.25, 0.3) is 0 Å². The summed E-state index contributed by atoms with van der Waals surface area (Å²) in [6, 6.07) is 4.64. The molecule has 6 heteroatoms. The van der Waals surface area contributed by atoms with Crippen molar-refractivity contribution in [3.63, 3.8) is 0 Å². The molecule has 1 rings (SSSR count). The molecule has 0 fully saturated rings. The molecule has 0 bridgehead atoms. The van der Waals surface area contributed by atoms with E-state index in [2.05, 4.69) is 4.74 Å². The van der Waals surface area contributed by atoms with Gasteiger partial charge in [-0.3, -0.25) is 0 Å². The average molecular weight is 236 g/mol. The zero-order valence-electron chi connectivity index (χ0n) is 8.39. The molecule has 1 aromatic rings. The van der Waals surface area contributed by atoms with E-state index in [0.29, 0.717) is 0 Å². The van der Waals surface area contributed by atoms with Gasteiger partial charge in [0.05, 0.1) is 16.6 Å². The Hall–Kier alpha value is -1.17. The average Bonchev–Trinajstić information content (AvgIpc) is 2.15. The van der Waals surface area contributed by atoms with Crippen LogP contribution in [0.3, 0.4) is 0 Å². The molecule has 1 aromatic carbocycles. The number of hydrogen-bond donors (Lipinski definition) is 0. The van der Waals surface area contributed by atoms with Gasteiger partial charge in [-0.1, -0.05) is 17.8 Å². The number of halogens is 3. The van der Waals surface area contributed by atoms with Crippen LogP contribution in [0.5, 0.6) is 11.5 Å². The SMILES string of the molecule is COc1ccc([SiH2]C)cc1OC(F)(F)F. The highest BCUT2D eigenvalue weighted by Gasteiger charge is 2.32. The Labute approximate surface area is 87.8 Å². The van der Waals surface area contributed by atoms with Crippen molar-refractivity contribution in [3.8, 4) is 11.5 Å². The van der Waals surface area contributed by atoms with Crippen molar-refractivity contribution >= 4 is 14.7 Å². The lowest BCUT2D eigenvalue weighted by Gasteiger charge is -2.13.